The van der Waals surface area contributed by atoms with Crippen molar-refractivity contribution in [1.29, 1.82) is 0 Å². The normalized spacial score (nSPS) is 12.6. The zero-order valence-electron chi connectivity index (χ0n) is 20.2. The fourth-order valence-corrected chi connectivity index (χ4v) is 4.41. The van der Waals surface area contributed by atoms with Crippen LogP contribution in [0.2, 0.25) is 10.0 Å². The molecule has 0 fully saturated rings. The Labute approximate surface area is 218 Å². The van der Waals surface area contributed by atoms with Crippen LogP contribution in [0.5, 0.6) is 0 Å². The van der Waals surface area contributed by atoms with E-state index in [1.54, 1.807) is 23.1 Å². The topological polar surface area (TPSA) is 49.4 Å². The molecule has 0 spiro atoms. The second kappa shape index (κ2) is 13.3. The Hall–Kier alpha value is -2.82. The van der Waals surface area contributed by atoms with E-state index >= 15 is 0 Å². The maximum atomic E-state index is 13.7. The van der Waals surface area contributed by atoms with Gasteiger partial charge in [-0.15, -0.1) is 0 Å². The molecular weight excluding hydrogens is 479 g/mol. The molecule has 4 nitrogen and oxygen atoms in total. The van der Waals surface area contributed by atoms with Crippen LogP contribution in [0.25, 0.3) is 0 Å². The number of nitrogens with one attached hydrogen (secondary N) is 1. The van der Waals surface area contributed by atoms with Gasteiger partial charge in [0.05, 0.1) is 0 Å². The van der Waals surface area contributed by atoms with E-state index in [-0.39, 0.29) is 30.8 Å². The fourth-order valence-electron chi connectivity index (χ4n) is 3.89. The van der Waals surface area contributed by atoms with E-state index in [4.69, 9.17) is 23.2 Å². The number of carbonyl (C=O) groups is 2. The Morgan fingerprint density at radius 2 is 1.43 bits per heavy atom. The van der Waals surface area contributed by atoms with Gasteiger partial charge in [0, 0.05) is 41.0 Å². The van der Waals surface area contributed by atoms with Gasteiger partial charge in [-0.2, -0.15) is 0 Å². The molecule has 0 radical (unpaired) electrons. The lowest BCUT2D eigenvalue weighted by Gasteiger charge is -2.33. The van der Waals surface area contributed by atoms with Crippen LogP contribution in [0.4, 0.5) is 0 Å². The molecule has 6 heteroatoms. The third kappa shape index (κ3) is 7.84. The molecule has 0 aromatic heterocycles. The quantitative estimate of drug-likeness (QED) is 0.320. The van der Waals surface area contributed by atoms with Gasteiger partial charge in [-0.1, -0.05) is 96.9 Å². The molecule has 1 N–H and O–H groups in total. The summed E-state index contributed by atoms with van der Waals surface area (Å²) in [7, 11) is 0. The van der Waals surface area contributed by atoms with Crippen LogP contribution in [0.15, 0.2) is 78.9 Å². The third-order valence-corrected chi connectivity index (χ3v) is 6.84. The SMILES string of the molecule is CC[C@@H](C)NC(=O)[C@H](Cc1ccccc1)N(Cc1c(Cl)cccc1Cl)C(=O)CCc1ccccc1. The van der Waals surface area contributed by atoms with E-state index in [1.165, 1.54) is 0 Å². The number of aryl methyl sites for hydroxylation is 1. The number of nitrogens with zero attached hydrogens (tertiary/aromatic N) is 1. The molecule has 0 aliphatic heterocycles. The molecule has 0 heterocycles. The van der Waals surface area contributed by atoms with Gasteiger partial charge in [-0.05, 0) is 43.0 Å². The van der Waals surface area contributed by atoms with Gasteiger partial charge in [-0.3, -0.25) is 9.59 Å². The minimum atomic E-state index is -0.706. The Morgan fingerprint density at radius 1 is 0.857 bits per heavy atom. The predicted octanol–water partition coefficient (Wildman–Crippen LogP) is 6.48. The van der Waals surface area contributed by atoms with E-state index in [0.29, 0.717) is 28.5 Å². The summed E-state index contributed by atoms with van der Waals surface area (Å²) in [5.41, 5.74) is 2.68. The Balaban J connectivity index is 1.96. The van der Waals surface area contributed by atoms with Gasteiger partial charge in [0.25, 0.3) is 0 Å². The number of amides is 2. The van der Waals surface area contributed by atoms with Crippen molar-refractivity contribution in [1.82, 2.24) is 10.2 Å². The van der Waals surface area contributed by atoms with Crippen LogP contribution in [0.3, 0.4) is 0 Å². The van der Waals surface area contributed by atoms with E-state index in [0.717, 1.165) is 17.5 Å². The van der Waals surface area contributed by atoms with Crippen LogP contribution in [0.1, 0.15) is 43.4 Å². The molecule has 2 amide bonds. The zero-order chi connectivity index (χ0) is 25.2. The van der Waals surface area contributed by atoms with E-state index < -0.39 is 6.04 Å². The largest absolute Gasteiger partial charge is 0.352 e. The molecule has 184 valence electrons. The zero-order valence-corrected chi connectivity index (χ0v) is 21.7. The van der Waals surface area contributed by atoms with Gasteiger partial charge in [0.15, 0.2) is 0 Å². The lowest BCUT2D eigenvalue weighted by atomic mass is 10.0. The first-order valence-electron chi connectivity index (χ1n) is 12.0. The highest BCUT2D eigenvalue weighted by Crippen LogP contribution is 2.27. The monoisotopic (exact) mass is 510 g/mol. The summed E-state index contributed by atoms with van der Waals surface area (Å²) >= 11 is 13.0. The number of benzene rings is 3. The summed E-state index contributed by atoms with van der Waals surface area (Å²) < 4.78 is 0. The highest BCUT2D eigenvalue weighted by atomic mass is 35.5. The van der Waals surface area contributed by atoms with Gasteiger partial charge < -0.3 is 10.2 Å². The Kier molecular flexibility index (Phi) is 10.2. The van der Waals surface area contributed by atoms with Crippen LogP contribution < -0.4 is 5.32 Å². The van der Waals surface area contributed by atoms with Crippen molar-refractivity contribution in [3.8, 4) is 0 Å². The minimum Gasteiger partial charge on any atom is -0.352 e. The second-order valence-electron chi connectivity index (χ2n) is 8.73. The summed E-state index contributed by atoms with van der Waals surface area (Å²) in [5, 5.41) is 4.02. The molecule has 3 aromatic rings. The predicted molar refractivity (Wildman–Crippen MR) is 144 cm³/mol. The maximum absolute atomic E-state index is 13.7. The third-order valence-electron chi connectivity index (χ3n) is 6.13. The first-order valence-corrected chi connectivity index (χ1v) is 12.7. The van der Waals surface area contributed by atoms with Crippen molar-refractivity contribution in [2.45, 2.75) is 58.2 Å². The second-order valence-corrected chi connectivity index (χ2v) is 9.55. The average Bonchev–Trinajstić information content (AvgIpc) is 2.87. The molecule has 0 unspecified atom stereocenters. The Morgan fingerprint density at radius 3 is 2.00 bits per heavy atom. The molecule has 0 saturated heterocycles. The number of hydrogen-bond donors (Lipinski definition) is 1. The summed E-state index contributed by atoms with van der Waals surface area (Å²) in [5.74, 6) is -0.301. The van der Waals surface area contributed by atoms with Crippen molar-refractivity contribution in [2.75, 3.05) is 0 Å². The first-order chi connectivity index (χ1) is 16.9. The minimum absolute atomic E-state index is 0.00838. The van der Waals surface area contributed by atoms with E-state index in [2.05, 4.69) is 5.32 Å². The molecule has 35 heavy (non-hydrogen) atoms. The maximum Gasteiger partial charge on any atom is 0.243 e. The van der Waals surface area contributed by atoms with Crippen molar-refractivity contribution >= 4 is 35.0 Å². The summed E-state index contributed by atoms with van der Waals surface area (Å²) in [6.07, 6.45) is 2.04. The fraction of sp³-hybridized carbons (Fsp3) is 0.310. The van der Waals surface area contributed by atoms with Crippen molar-refractivity contribution in [3.63, 3.8) is 0 Å². The first kappa shape index (κ1) is 26.8. The van der Waals surface area contributed by atoms with Gasteiger partial charge in [-0.25, -0.2) is 0 Å². The smallest absolute Gasteiger partial charge is 0.243 e. The van der Waals surface area contributed by atoms with Gasteiger partial charge in [0.2, 0.25) is 11.8 Å². The average molecular weight is 511 g/mol. The van der Waals surface area contributed by atoms with E-state index in [9.17, 15) is 9.59 Å². The van der Waals surface area contributed by atoms with Gasteiger partial charge in [0.1, 0.15) is 6.04 Å². The number of halogens is 2. The molecule has 0 saturated carbocycles. The van der Waals surface area contributed by atoms with E-state index in [1.807, 2.05) is 74.5 Å². The van der Waals surface area contributed by atoms with Crippen LogP contribution in [-0.4, -0.2) is 28.8 Å². The van der Waals surface area contributed by atoms with Crippen molar-refractivity contribution < 1.29 is 9.59 Å². The highest BCUT2D eigenvalue weighted by molar-refractivity contribution is 6.36. The van der Waals surface area contributed by atoms with Crippen LogP contribution >= 0.6 is 23.2 Å². The van der Waals surface area contributed by atoms with Crippen molar-refractivity contribution in [3.05, 3.63) is 106 Å². The highest BCUT2D eigenvalue weighted by Gasteiger charge is 2.31. The molecular formula is C29H32Cl2N2O2. The molecule has 0 aliphatic carbocycles. The standard InChI is InChI=1S/C29H32Cl2N2O2/c1-3-21(2)32-29(35)27(19-23-13-8-5-9-14-23)33(20-24-25(30)15-10-16-26(24)31)28(34)18-17-22-11-6-4-7-12-22/h4-16,21,27H,3,17-20H2,1-2H3,(H,32,35)/t21-,27+/m1/s1. The summed E-state index contributed by atoms with van der Waals surface area (Å²) in [4.78, 5) is 28.9. The van der Waals surface area contributed by atoms with Gasteiger partial charge >= 0.3 is 0 Å². The number of carbonyl (C=O) groups excluding carboxylic acids is 2. The van der Waals surface area contributed by atoms with Crippen molar-refractivity contribution in [2.24, 2.45) is 0 Å². The number of rotatable bonds is 11. The van der Waals surface area contributed by atoms with Crippen LogP contribution in [-0.2, 0) is 29.0 Å². The van der Waals surface area contributed by atoms with Crippen LogP contribution in [0, 0.1) is 0 Å². The number of hydrogen-bond acceptors (Lipinski definition) is 2. The Bertz CT molecular complexity index is 1090. The lowest BCUT2D eigenvalue weighted by molar-refractivity contribution is -0.141. The lowest BCUT2D eigenvalue weighted by Crippen LogP contribution is -2.52. The summed E-state index contributed by atoms with van der Waals surface area (Å²) in [6, 6.07) is 24.2. The molecule has 3 rings (SSSR count). The molecule has 0 aliphatic rings. The molecule has 0 bridgehead atoms. The summed E-state index contributed by atoms with van der Waals surface area (Å²) in [6.45, 7) is 4.13. The molecule has 2 atom stereocenters. The molecule has 3 aromatic carbocycles.